The number of fused-ring (bicyclic) bond motifs is 1. The monoisotopic (exact) mass is 425 g/mol. The SMILES string of the molecule is COc1cc(Cl)c(NS(=O)(=O)c2ccc3c(c2)NC(=O)CC(=O)N3)c(OC)c1. The molecule has 0 aliphatic carbocycles. The number of carbonyl (C=O) groups excluding carboxylic acids is 2. The molecule has 2 amide bonds. The Bertz CT molecular complexity index is 1070. The molecule has 3 rings (SSSR count). The number of hydrogen-bond donors (Lipinski definition) is 3. The van der Waals surface area contributed by atoms with Crippen LogP contribution < -0.4 is 24.8 Å². The van der Waals surface area contributed by atoms with E-state index in [0.717, 1.165) is 0 Å². The molecule has 0 unspecified atom stereocenters. The number of amides is 2. The van der Waals surface area contributed by atoms with Gasteiger partial charge >= 0.3 is 0 Å². The molecule has 0 atom stereocenters. The number of rotatable bonds is 5. The Labute approximate surface area is 166 Å². The number of sulfonamides is 1. The van der Waals surface area contributed by atoms with Crippen molar-refractivity contribution in [3.63, 3.8) is 0 Å². The van der Waals surface area contributed by atoms with Gasteiger partial charge in [0.2, 0.25) is 11.8 Å². The summed E-state index contributed by atoms with van der Waals surface area (Å²) in [6.45, 7) is 0. The van der Waals surface area contributed by atoms with Crippen LogP contribution in [0.4, 0.5) is 17.1 Å². The van der Waals surface area contributed by atoms with Crippen LogP contribution in [-0.4, -0.2) is 34.5 Å². The van der Waals surface area contributed by atoms with Crippen molar-refractivity contribution in [1.29, 1.82) is 0 Å². The van der Waals surface area contributed by atoms with Crippen LogP contribution >= 0.6 is 11.6 Å². The molecule has 1 heterocycles. The molecule has 2 aromatic rings. The number of methoxy groups -OCH3 is 2. The van der Waals surface area contributed by atoms with Gasteiger partial charge in [-0.2, -0.15) is 0 Å². The summed E-state index contributed by atoms with van der Waals surface area (Å²) in [7, 11) is -1.28. The highest BCUT2D eigenvalue weighted by atomic mass is 35.5. The van der Waals surface area contributed by atoms with Gasteiger partial charge in [0.1, 0.15) is 23.6 Å². The van der Waals surface area contributed by atoms with Gasteiger partial charge in [0.15, 0.2) is 0 Å². The van der Waals surface area contributed by atoms with E-state index in [0.29, 0.717) is 11.4 Å². The van der Waals surface area contributed by atoms with Crippen molar-refractivity contribution in [2.75, 3.05) is 29.6 Å². The number of halogens is 1. The van der Waals surface area contributed by atoms with Crippen LogP contribution in [0.3, 0.4) is 0 Å². The number of carbonyl (C=O) groups is 2. The highest BCUT2D eigenvalue weighted by Crippen LogP contribution is 2.38. The average Bonchev–Trinajstić information content (AvgIpc) is 2.78. The second-order valence-corrected chi connectivity index (χ2v) is 7.86. The standard InChI is InChI=1S/C17H16ClN3O6S/c1-26-9-5-11(18)17(14(6-9)27-2)21-28(24,25)10-3-4-12-13(7-10)20-16(23)8-15(22)19-12/h3-7,21H,8H2,1-2H3,(H,19,22)(H,20,23). The highest BCUT2D eigenvalue weighted by Gasteiger charge is 2.24. The van der Waals surface area contributed by atoms with Gasteiger partial charge in [0.05, 0.1) is 35.5 Å². The molecule has 0 radical (unpaired) electrons. The molecule has 0 aromatic heterocycles. The first-order valence-electron chi connectivity index (χ1n) is 7.91. The smallest absolute Gasteiger partial charge is 0.262 e. The van der Waals surface area contributed by atoms with Crippen molar-refractivity contribution in [3.05, 3.63) is 35.4 Å². The highest BCUT2D eigenvalue weighted by molar-refractivity contribution is 7.92. The molecule has 3 N–H and O–H groups in total. The Morgan fingerprint density at radius 2 is 1.68 bits per heavy atom. The number of ether oxygens (including phenoxy) is 2. The summed E-state index contributed by atoms with van der Waals surface area (Å²) in [5.74, 6) is -0.463. The van der Waals surface area contributed by atoms with E-state index < -0.39 is 21.8 Å². The maximum Gasteiger partial charge on any atom is 0.262 e. The normalized spacial score (nSPS) is 13.7. The Hall–Kier alpha value is -2.98. The first-order chi connectivity index (χ1) is 13.2. The van der Waals surface area contributed by atoms with Crippen LogP contribution in [0.5, 0.6) is 11.5 Å². The predicted molar refractivity (Wildman–Crippen MR) is 104 cm³/mol. The lowest BCUT2D eigenvalue weighted by atomic mass is 10.2. The van der Waals surface area contributed by atoms with Crippen LogP contribution in [0.1, 0.15) is 6.42 Å². The molecule has 1 aliphatic heterocycles. The molecule has 0 saturated carbocycles. The maximum atomic E-state index is 12.8. The first-order valence-corrected chi connectivity index (χ1v) is 9.77. The van der Waals surface area contributed by atoms with Crippen LogP contribution in [-0.2, 0) is 19.6 Å². The fraction of sp³-hybridized carbons (Fsp3) is 0.176. The largest absolute Gasteiger partial charge is 0.497 e. The summed E-state index contributed by atoms with van der Waals surface area (Å²) in [5.41, 5.74) is 0.513. The van der Waals surface area contributed by atoms with E-state index in [2.05, 4.69) is 15.4 Å². The molecule has 2 aromatic carbocycles. The second kappa shape index (κ2) is 7.56. The van der Waals surface area contributed by atoms with Gasteiger partial charge in [0.25, 0.3) is 10.0 Å². The molecule has 1 aliphatic rings. The summed E-state index contributed by atoms with van der Waals surface area (Å²) in [5, 5.41) is 5.10. The Morgan fingerprint density at radius 3 is 2.32 bits per heavy atom. The third-order valence-electron chi connectivity index (χ3n) is 3.89. The molecule has 0 bridgehead atoms. The molecular formula is C17H16ClN3O6S. The van der Waals surface area contributed by atoms with E-state index in [9.17, 15) is 18.0 Å². The summed E-state index contributed by atoms with van der Waals surface area (Å²) in [4.78, 5) is 23.2. The van der Waals surface area contributed by atoms with Crippen LogP contribution in [0, 0.1) is 0 Å². The Balaban J connectivity index is 1.99. The minimum Gasteiger partial charge on any atom is -0.497 e. The summed E-state index contributed by atoms with van der Waals surface area (Å²) in [6.07, 6.45) is -0.354. The Morgan fingerprint density at radius 1 is 1.00 bits per heavy atom. The van der Waals surface area contributed by atoms with Gasteiger partial charge in [0, 0.05) is 12.1 Å². The number of benzene rings is 2. The molecule has 0 spiro atoms. The van der Waals surface area contributed by atoms with Crippen LogP contribution in [0.2, 0.25) is 5.02 Å². The van der Waals surface area contributed by atoms with E-state index in [1.165, 1.54) is 44.6 Å². The lowest BCUT2D eigenvalue weighted by Gasteiger charge is -2.16. The molecule has 0 saturated heterocycles. The Kier molecular flexibility index (Phi) is 5.34. The van der Waals surface area contributed by atoms with E-state index in [4.69, 9.17) is 21.1 Å². The third-order valence-corrected chi connectivity index (χ3v) is 5.54. The van der Waals surface area contributed by atoms with E-state index >= 15 is 0 Å². The quantitative estimate of drug-likeness (QED) is 0.632. The molecule has 0 fully saturated rings. The fourth-order valence-electron chi connectivity index (χ4n) is 2.57. The van der Waals surface area contributed by atoms with Crippen molar-refractivity contribution in [3.8, 4) is 11.5 Å². The average molecular weight is 426 g/mol. The molecule has 28 heavy (non-hydrogen) atoms. The predicted octanol–water partition coefficient (Wildman–Crippen LogP) is 2.44. The zero-order chi connectivity index (χ0) is 20.5. The molecule has 9 nitrogen and oxygen atoms in total. The van der Waals surface area contributed by atoms with Crippen molar-refractivity contribution < 1.29 is 27.5 Å². The topological polar surface area (TPSA) is 123 Å². The van der Waals surface area contributed by atoms with Crippen molar-refractivity contribution in [1.82, 2.24) is 0 Å². The minimum absolute atomic E-state index is 0.0391. The third kappa shape index (κ3) is 3.97. The van der Waals surface area contributed by atoms with Crippen LogP contribution in [0.25, 0.3) is 0 Å². The minimum atomic E-state index is -4.08. The van der Waals surface area contributed by atoms with Gasteiger partial charge < -0.3 is 20.1 Å². The van der Waals surface area contributed by atoms with Crippen molar-refractivity contribution >= 4 is 50.5 Å². The van der Waals surface area contributed by atoms with Gasteiger partial charge in [-0.25, -0.2) is 8.42 Å². The summed E-state index contributed by atoms with van der Waals surface area (Å²) >= 11 is 6.17. The summed E-state index contributed by atoms with van der Waals surface area (Å²) < 4.78 is 38.3. The molecular weight excluding hydrogens is 410 g/mol. The van der Waals surface area contributed by atoms with Gasteiger partial charge in [-0.05, 0) is 18.2 Å². The van der Waals surface area contributed by atoms with Gasteiger partial charge in [-0.1, -0.05) is 11.6 Å². The van der Waals surface area contributed by atoms with E-state index in [1.807, 2.05) is 0 Å². The molecule has 11 heteroatoms. The zero-order valence-corrected chi connectivity index (χ0v) is 16.4. The van der Waals surface area contributed by atoms with E-state index in [1.54, 1.807) is 0 Å². The second-order valence-electron chi connectivity index (χ2n) is 5.77. The number of anilines is 3. The van der Waals surface area contributed by atoms with Crippen LogP contribution in [0.15, 0.2) is 35.2 Å². The maximum absolute atomic E-state index is 12.8. The van der Waals surface area contributed by atoms with Gasteiger partial charge in [-0.3, -0.25) is 14.3 Å². The van der Waals surface area contributed by atoms with Crippen molar-refractivity contribution in [2.24, 2.45) is 0 Å². The number of hydrogen-bond acceptors (Lipinski definition) is 6. The number of nitrogens with one attached hydrogen (secondary N) is 3. The van der Waals surface area contributed by atoms with E-state index in [-0.39, 0.29) is 33.5 Å². The lowest BCUT2D eigenvalue weighted by molar-refractivity contribution is -0.123. The van der Waals surface area contributed by atoms with Gasteiger partial charge in [-0.15, -0.1) is 0 Å². The summed E-state index contributed by atoms with van der Waals surface area (Å²) in [6, 6.07) is 6.85. The fourth-order valence-corrected chi connectivity index (χ4v) is 3.99. The lowest BCUT2D eigenvalue weighted by Crippen LogP contribution is -2.16. The first kappa shape index (κ1) is 19.8. The molecule has 148 valence electrons. The van der Waals surface area contributed by atoms with Crippen molar-refractivity contribution in [2.45, 2.75) is 11.3 Å². The zero-order valence-electron chi connectivity index (χ0n) is 14.8.